The van der Waals surface area contributed by atoms with Crippen molar-refractivity contribution >= 4 is 40.0 Å². The van der Waals surface area contributed by atoms with Crippen molar-refractivity contribution in [3.8, 4) is 0 Å². The van der Waals surface area contributed by atoms with Crippen molar-refractivity contribution in [2.75, 3.05) is 0 Å². The first-order chi connectivity index (χ1) is 6.68. The van der Waals surface area contributed by atoms with E-state index in [0.29, 0.717) is 5.58 Å². The second-order valence-electron chi connectivity index (χ2n) is 2.81. The quantitative estimate of drug-likeness (QED) is 0.583. The highest BCUT2D eigenvalue weighted by atomic mass is 35.5. The molecule has 2 nitrogen and oxygen atoms in total. The number of hydrogen-bond acceptors (Lipinski definition) is 2. The molecule has 1 aromatic carbocycles. The maximum Gasteiger partial charge on any atom is 0.230 e. The largest absolute Gasteiger partial charge is 0.453 e. The Morgan fingerprint density at radius 2 is 2.00 bits per heavy atom. The minimum Gasteiger partial charge on any atom is -0.453 e. The number of halogens is 2. The second-order valence-corrected chi connectivity index (χ2v) is 3.91. The zero-order chi connectivity index (χ0) is 10.1. The monoisotopic (exact) mass is 228 g/mol. The zero-order valence-electron chi connectivity index (χ0n) is 7.04. The van der Waals surface area contributed by atoms with E-state index in [1.54, 1.807) is 12.1 Å². The first kappa shape index (κ1) is 9.56. The van der Waals surface area contributed by atoms with Gasteiger partial charge in [0.15, 0.2) is 10.6 Å². The molecule has 2 rings (SSSR count). The van der Waals surface area contributed by atoms with E-state index in [0.717, 1.165) is 5.39 Å². The minimum atomic E-state index is -1.07. The highest BCUT2D eigenvalue weighted by molar-refractivity contribution is 6.55. The lowest BCUT2D eigenvalue weighted by molar-refractivity contribution is 0.0982. The molecule has 0 N–H and O–H groups in total. The molecule has 0 fully saturated rings. The number of rotatable bonds is 2. The number of Topliss-reactive ketones (excluding diaryl/α,β-unsaturated/α-hetero) is 1. The van der Waals surface area contributed by atoms with Gasteiger partial charge in [0.1, 0.15) is 5.58 Å². The van der Waals surface area contributed by atoms with E-state index in [4.69, 9.17) is 27.6 Å². The van der Waals surface area contributed by atoms with Crippen LogP contribution in [0.25, 0.3) is 11.0 Å². The molecule has 0 saturated heterocycles. The Labute approximate surface area is 90.4 Å². The third-order valence-electron chi connectivity index (χ3n) is 1.87. The smallest absolute Gasteiger partial charge is 0.230 e. The van der Waals surface area contributed by atoms with Gasteiger partial charge in [0.05, 0.1) is 0 Å². The summed E-state index contributed by atoms with van der Waals surface area (Å²) in [5.74, 6) is -0.217. The Morgan fingerprint density at radius 1 is 1.29 bits per heavy atom. The Morgan fingerprint density at radius 3 is 2.64 bits per heavy atom. The van der Waals surface area contributed by atoms with Gasteiger partial charge in [-0.2, -0.15) is 0 Å². The number of carbonyl (C=O) groups is 1. The second kappa shape index (κ2) is 3.64. The highest BCUT2D eigenvalue weighted by Gasteiger charge is 2.18. The maximum absolute atomic E-state index is 11.4. The van der Waals surface area contributed by atoms with Crippen LogP contribution in [0.5, 0.6) is 0 Å². The van der Waals surface area contributed by atoms with Crippen LogP contribution in [0, 0.1) is 0 Å². The van der Waals surface area contributed by atoms with Crippen LogP contribution in [0.15, 0.2) is 34.7 Å². The third-order valence-corrected chi connectivity index (χ3v) is 2.26. The predicted molar refractivity (Wildman–Crippen MR) is 56.0 cm³/mol. The average Bonchev–Trinajstić information content (AvgIpc) is 2.59. The summed E-state index contributed by atoms with van der Waals surface area (Å²) in [5.41, 5.74) is 0.657. The SMILES string of the molecule is O=C(c1cc2ccccc2o1)C(Cl)Cl. The number of furan rings is 1. The lowest BCUT2D eigenvalue weighted by atomic mass is 10.2. The molecule has 1 aromatic heterocycles. The van der Waals surface area contributed by atoms with Crippen LogP contribution in [0.1, 0.15) is 10.6 Å². The van der Waals surface area contributed by atoms with E-state index in [1.807, 2.05) is 18.2 Å². The lowest BCUT2D eigenvalue weighted by Gasteiger charge is -1.93. The van der Waals surface area contributed by atoms with Gasteiger partial charge in [-0.3, -0.25) is 4.79 Å². The molecule has 0 bridgehead atoms. The van der Waals surface area contributed by atoms with Crippen LogP contribution < -0.4 is 0 Å². The van der Waals surface area contributed by atoms with E-state index in [9.17, 15) is 4.79 Å². The van der Waals surface area contributed by atoms with Crippen LogP contribution in [0.2, 0.25) is 0 Å². The van der Waals surface area contributed by atoms with E-state index < -0.39 is 10.6 Å². The van der Waals surface area contributed by atoms with Crippen molar-refractivity contribution < 1.29 is 9.21 Å². The van der Waals surface area contributed by atoms with E-state index in [1.165, 1.54) is 0 Å². The zero-order valence-corrected chi connectivity index (χ0v) is 8.55. The van der Waals surface area contributed by atoms with Gasteiger partial charge >= 0.3 is 0 Å². The molecule has 0 radical (unpaired) electrons. The van der Waals surface area contributed by atoms with Crippen molar-refractivity contribution in [1.82, 2.24) is 0 Å². The Balaban J connectivity index is 2.50. The number of para-hydroxylation sites is 1. The Hall–Kier alpha value is -0.990. The number of hydrogen-bond donors (Lipinski definition) is 0. The molecule has 2 aromatic rings. The summed E-state index contributed by atoms with van der Waals surface area (Å²) >= 11 is 10.9. The summed E-state index contributed by atoms with van der Waals surface area (Å²) in [6.45, 7) is 0. The fourth-order valence-electron chi connectivity index (χ4n) is 1.21. The number of carbonyl (C=O) groups excluding carboxylic acids is 1. The summed E-state index contributed by atoms with van der Waals surface area (Å²) in [5, 5.41) is 0.866. The van der Waals surface area contributed by atoms with Crippen LogP contribution in [-0.4, -0.2) is 10.6 Å². The molecule has 14 heavy (non-hydrogen) atoms. The van der Waals surface area contributed by atoms with Crippen molar-refractivity contribution in [1.29, 1.82) is 0 Å². The van der Waals surface area contributed by atoms with Gasteiger partial charge in [-0.1, -0.05) is 41.4 Å². The average molecular weight is 229 g/mol. The molecule has 0 amide bonds. The molecular weight excluding hydrogens is 223 g/mol. The molecule has 1 heterocycles. The fraction of sp³-hybridized carbons (Fsp3) is 0.100. The summed E-state index contributed by atoms with van der Waals surface area (Å²) in [4.78, 5) is 10.3. The lowest BCUT2D eigenvalue weighted by Crippen LogP contribution is -2.06. The molecule has 0 unspecified atom stereocenters. The standard InChI is InChI=1S/C10H6Cl2O2/c11-10(12)9(13)8-5-6-3-1-2-4-7(6)14-8/h1-5,10H. The van der Waals surface area contributed by atoms with Crippen LogP contribution >= 0.6 is 23.2 Å². The Bertz CT molecular complexity index is 441. The van der Waals surface area contributed by atoms with Crippen LogP contribution in [0.4, 0.5) is 0 Å². The van der Waals surface area contributed by atoms with Crippen LogP contribution in [-0.2, 0) is 0 Å². The molecule has 0 aliphatic carbocycles. The number of alkyl halides is 2. The van der Waals surface area contributed by atoms with Crippen molar-refractivity contribution in [2.45, 2.75) is 4.84 Å². The molecule has 0 aliphatic heterocycles. The van der Waals surface area contributed by atoms with Gasteiger partial charge in [-0.05, 0) is 12.1 Å². The van der Waals surface area contributed by atoms with Gasteiger partial charge in [-0.25, -0.2) is 0 Å². The number of benzene rings is 1. The van der Waals surface area contributed by atoms with Gasteiger partial charge in [0, 0.05) is 5.39 Å². The van der Waals surface area contributed by atoms with Gasteiger partial charge in [0.2, 0.25) is 5.78 Å². The third kappa shape index (κ3) is 1.63. The van der Waals surface area contributed by atoms with E-state index >= 15 is 0 Å². The molecule has 0 saturated carbocycles. The summed E-state index contributed by atoms with van der Waals surface area (Å²) in [6, 6.07) is 8.97. The van der Waals surface area contributed by atoms with Crippen molar-refractivity contribution in [2.24, 2.45) is 0 Å². The normalized spacial score (nSPS) is 11.1. The number of fused-ring (bicyclic) bond motifs is 1. The maximum atomic E-state index is 11.4. The predicted octanol–water partition coefficient (Wildman–Crippen LogP) is 3.42. The molecule has 0 aliphatic rings. The minimum absolute atomic E-state index is 0.196. The number of ketones is 1. The van der Waals surface area contributed by atoms with Crippen molar-refractivity contribution in [3.05, 3.63) is 36.1 Å². The van der Waals surface area contributed by atoms with Crippen LogP contribution in [0.3, 0.4) is 0 Å². The van der Waals surface area contributed by atoms with E-state index in [2.05, 4.69) is 0 Å². The summed E-state index contributed by atoms with van der Waals surface area (Å²) < 4.78 is 5.27. The molecule has 72 valence electrons. The van der Waals surface area contributed by atoms with Crippen molar-refractivity contribution in [3.63, 3.8) is 0 Å². The Kier molecular flexibility index (Phi) is 2.48. The molecule has 4 heteroatoms. The molecule has 0 spiro atoms. The van der Waals surface area contributed by atoms with Gasteiger partial charge in [-0.15, -0.1) is 0 Å². The first-order valence-electron chi connectivity index (χ1n) is 3.99. The van der Waals surface area contributed by atoms with Gasteiger partial charge in [0.25, 0.3) is 0 Å². The topological polar surface area (TPSA) is 30.2 Å². The van der Waals surface area contributed by atoms with Gasteiger partial charge < -0.3 is 4.42 Å². The van der Waals surface area contributed by atoms with E-state index in [-0.39, 0.29) is 5.76 Å². The summed E-state index contributed by atoms with van der Waals surface area (Å²) in [6.07, 6.45) is 0. The highest BCUT2D eigenvalue weighted by Crippen LogP contribution is 2.21. The molecule has 0 atom stereocenters. The molecular formula is C10H6Cl2O2. The fourth-order valence-corrected chi connectivity index (χ4v) is 1.43. The summed E-state index contributed by atoms with van der Waals surface area (Å²) in [7, 11) is 0. The first-order valence-corrected chi connectivity index (χ1v) is 4.87.